The number of carbonyl (C=O) groups is 2. The van der Waals surface area contributed by atoms with Crippen LogP contribution in [0.4, 0.5) is 4.79 Å². The molecule has 0 aromatic carbocycles. The van der Waals surface area contributed by atoms with Crippen LogP contribution in [0.15, 0.2) is 0 Å². The summed E-state index contributed by atoms with van der Waals surface area (Å²) in [6, 6.07) is -0.481. The first-order valence-corrected chi connectivity index (χ1v) is 7.93. The highest BCUT2D eigenvalue weighted by molar-refractivity contribution is 7.90. The second-order valence-electron chi connectivity index (χ2n) is 4.85. The van der Waals surface area contributed by atoms with E-state index in [1.165, 1.54) is 0 Å². The summed E-state index contributed by atoms with van der Waals surface area (Å²) in [7, 11) is -3.19. The number of urea groups is 1. The third kappa shape index (κ3) is 2.49. The molecule has 0 atom stereocenters. The molecule has 7 nitrogen and oxygen atoms in total. The summed E-state index contributed by atoms with van der Waals surface area (Å²) in [5.74, 6) is -0.488. The normalized spacial score (nSPS) is 23.5. The molecule has 8 heteroatoms. The Bertz CT molecular complexity index is 468. The van der Waals surface area contributed by atoms with E-state index in [0.29, 0.717) is 25.9 Å². The molecular formula is C10H17N3O4S. The molecule has 2 rings (SSSR count). The van der Waals surface area contributed by atoms with Crippen molar-refractivity contribution in [2.75, 3.05) is 31.6 Å². The predicted molar refractivity (Wildman–Crippen MR) is 64.8 cm³/mol. The lowest BCUT2D eigenvalue weighted by atomic mass is 9.88. The first-order valence-electron chi connectivity index (χ1n) is 5.87. The minimum Gasteiger partial charge on any atom is -0.323 e. The first-order chi connectivity index (χ1) is 8.34. The number of piperidine rings is 1. The van der Waals surface area contributed by atoms with E-state index in [2.05, 4.69) is 10.6 Å². The van der Waals surface area contributed by atoms with E-state index in [1.54, 1.807) is 0 Å². The zero-order chi connectivity index (χ0) is 13.4. The largest absolute Gasteiger partial charge is 0.325 e. The van der Waals surface area contributed by atoms with Crippen LogP contribution >= 0.6 is 0 Å². The summed E-state index contributed by atoms with van der Waals surface area (Å²) in [6.07, 6.45) is 2.19. The van der Waals surface area contributed by atoms with Crippen LogP contribution in [-0.2, 0) is 14.6 Å². The fourth-order valence-electron chi connectivity index (χ4n) is 2.33. The number of amides is 3. The van der Waals surface area contributed by atoms with Gasteiger partial charge in [0.25, 0.3) is 5.91 Å². The van der Waals surface area contributed by atoms with Crippen LogP contribution in [0.1, 0.15) is 12.8 Å². The van der Waals surface area contributed by atoms with Crippen LogP contribution in [0.2, 0.25) is 0 Å². The molecule has 2 saturated heterocycles. The van der Waals surface area contributed by atoms with Gasteiger partial charge >= 0.3 is 6.03 Å². The van der Waals surface area contributed by atoms with Gasteiger partial charge < -0.3 is 10.6 Å². The van der Waals surface area contributed by atoms with Crippen molar-refractivity contribution < 1.29 is 18.0 Å². The summed E-state index contributed by atoms with van der Waals surface area (Å²) in [5.41, 5.74) is -0.820. The second-order valence-corrected chi connectivity index (χ2v) is 7.11. The first kappa shape index (κ1) is 13.3. The number of sulfone groups is 1. The van der Waals surface area contributed by atoms with Crippen molar-refractivity contribution in [2.45, 2.75) is 18.4 Å². The molecule has 0 radical (unpaired) electrons. The third-order valence-electron chi connectivity index (χ3n) is 3.39. The Morgan fingerprint density at radius 1 is 1.28 bits per heavy atom. The number of hydrogen-bond acceptors (Lipinski definition) is 5. The van der Waals surface area contributed by atoms with Crippen LogP contribution in [0.25, 0.3) is 0 Å². The van der Waals surface area contributed by atoms with Gasteiger partial charge in [0.2, 0.25) is 0 Å². The third-order valence-corrected chi connectivity index (χ3v) is 4.31. The molecule has 3 amide bonds. The summed E-state index contributed by atoms with van der Waals surface area (Å²) >= 11 is 0. The van der Waals surface area contributed by atoms with Gasteiger partial charge in [-0.25, -0.2) is 13.2 Å². The van der Waals surface area contributed by atoms with E-state index >= 15 is 0 Å². The Labute approximate surface area is 106 Å². The standard InChI is InChI=1S/C10H17N3O4S/c1-18(16,17)7-6-13-8(14)10(12-9(13)15)2-4-11-5-3-10/h11H,2-7H2,1H3,(H,12,15). The molecule has 102 valence electrons. The number of hydrogen-bond donors (Lipinski definition) is 2. The van der Waals surface area contributed by atoms with Crippen LogP contribution in [0, 0.1) is 0 Å². The van der Waals surface area contributed by atoms with Crippen molar-refractivity contribution in [3.63, 3.8) is 0 Å². The zero-order valence-corrected chi connectivity index (χ0v) is 11.0. The highest BCUT2D eigenvalue weighted by Gasteiger charge is 2.51. The van der Waals surface area contributed by atoms with Crippen molar-refractivity contribution in [1.82, 2.24) is 15.5 Å². The van der Waals surface area contributed by atoms with Crippen molar-refractivity contribution in [2.24, 2.45) is 0 Å². The van der Waals surface area contributed by atoms with Gasteiger partial charge in [-0.2, -0.15) is 0 Å². The Kier molecular flexibility index (Phi) is 3.33. The molecule has 0 saturated carbocycles. The lowest BCUT2D eigenvalue weighted by Gasteiger charge is -2.31. The molecule has 18 heavy (non-hydrogen) atoms. The molecule has 2 N–H and O–H groups in total. The molecule has 2 aliphatic heterocycles. The number of carbonyl (C=O) groups excluding carboxylic acids is 2. The summed E-state index contributed by atoms with van der Waals surface area (Å²) in [5, 5.41) is 5.83. The highest BCUT2D eigenvalue weighted by atomic mass is 32.2. The molecule has 2 fully saturated rings. The Balaban J connectivity index is 2.09. The Morgan fingerprint density at radius 2 is 1.89 bits per heavy atom. The van der Waals surface area contributed by atoms with E-state index in [4.69, 9.17) is 0 Å². The molecule has 0 unspecified atom stereocenters. The van der Waals surface area contributed by atoms with Crippen LogP contribution in [0.5, 0.6) is 0 Å². The van der Waals surface area contributed by atoms with Gasteiger partial charge in [0.05, 0.1) is 5.75 Å². The number of nitrogens with zero attached hydrogens (tertiary/aromatic N) is 1. The summed E-state index contributed by atoms with van der Waals surface area (Å²) < 4.78 is 22.2. The fourth-order valence-corrected chi connectivity index (χ4v) is 2.84. The smallest absolute Gasteiger partial charge is 0.323 e. The topological polar surface area (TPSA) is 95.6 Å². The molecule has 1 spiro atoms. The Hall–Kier alpha value is -1.15. The second kappa shape index (κ2) is 4.51. The average molecular weight is 275 g/mol. The number of rotatable bonds is 3. The molecule has 2 heterocycles. The van der Waals surface area contributed by atoms with E-state index in [1.807, 2.05) is 0 Å². The molecular weight excluding hydrogens is 258 g/mol. The Morgan fingerprint density at radius 3 is 2.44 bits per heavy atom. The van der Waals surface area contributed by atoms with Crippen LogP contribution in [-0.4, -0.2) is 62.4 Å². The van der Waals surface area contributed by atoms with Crippen molar-refractivity contribution in [1.29, 1.82) is 0 Å². The average Bonchev–Trinajstić information content (AvgIpc) is 2.49. The van der Waals surface area contributed by atoms with Crippen LogP contribution < -0.4 is 10.6 Å². The maximum Gasteiger partial charge on any atom is 0.325 e. The molecule has 0 aliphatic carbocycles. The predicted octanol–water partition coefficient (Wildman–Crippen LogP) is -1.29. The van der Waals surface area contributed by atoms with Crippen molar-refractivity contribution in [3.05, 3.63) is 0 Å². The quantitative estimate of drug-likeness (QED) is 0.625. The minimum atomic E-state index is -3.19. The monoisotopic (exact) mass is 275 g/mol. The van der Waals surface area contributed by atoms with Gasteiger partial charge in [-0.3, -0.25) is 9.69 Å². The number of imide groups is 1. The van der Waals surface area contributed by atoms with Crippen LogP contribution in [0.3, 0.4) is 0 Å². The van der Waals surface area contributed by atoms with Crippen molar-refractivity contribution in [3.8, 4) is 0 Å². The highest BCUT2D eigenvalue weighted by Crippen LogP contribution is 2.26. The summed E-state index contributed by atoms with van der Waals surface area (Å²) in [6.45, 7) is 1.27. The fraction of sp³-hybridized carbons (Fsp3) is 0.800. The minimum absolute atomic E-state index is 0.0708. The lowest BCUT2D eigenvalue weighted by molar-refractivity contribution is -0.132. The molecule has 0 aromatic rings. The van der Waals surface area contributed by atoms with E-state index in [-0.39, 0.29) is 18.2 Å². The molecule has 0 bridgehead atoms. The summed E-state index contributed by atoms with van der Waals surface area (Å²) in [4.78, 5) is 25.0. The van der Waals surface area contributed by atoms with Gasteiger partial charge in [0, 0.05) is 12.8 Å². The SMILES string of the molecule is CS(=O)(=O)CCN1C(=O)NC2(CCNCC2)C1=O. The van der Waals surface area contributed by atoms with Gasteiger partial charge in [-0.15, -0.1) is 0 Å². The van der Waals surface area contributed by atoms with E-state index in [0.717, 1.165) is 11.2 Å². The molecule has 2 aliphatic rings. The molecule has 0 aromatic heterocycles. The zero-order valence-electron chi connectivity index (χ0n) is 10.2. The van der Waals surface area contributed by atoms with E-state index < -0.39 is 21.4 Å². The maximum atomic E-state index is 12.2. The van der Waals surface area contributed by atoms with Gasteiger partial charge in [0.15, 0.2) is 0 Å². The maximum absolute atomic E-state index is 12.2. The van der Waals surface area contributed by atoms with Gasteiger partial charge in [0.1, 0.15) is 15.4 Å². The van der Waals surface area contributed by atoms with Gasteiger partial charge in [-0.05, 0) is 25.9 Å². The lowest BCUT2D eigenvalue weighted by Crippen LogP contribution is -2.54. The van der Waals surface area contributed by atoms with Gasteiger partial charge in [-0.1, -0.05) is 0 Å². The van der Waals surface area contributed by atoms with E-state index in [9.17, 15) is 18.0 Å². The number of nitrogens with one attached hydrogen (secondary N) is 2. The van der Waals surface area contributed by atoms with Crippen molar-refractivity contribution >= 4 is 21.8 Å².